The molecule has 0 fully saturated rings. The summed E-state index contributed by atoms with van der Waals surface area (Å²) in [7, 11) is 1.17. The molecule has 0 heterocycles. The van der Waals surface area contributed by atoms with Crippen molar-refractivity contribution < 1.29 is 27.4 Å². The lowest BCUT2D eigenvalue weighted by molar-refractivity contribution is -0.274. The maximum Gasteiger partial charge on any atom is 0.573 e. The Hall–Kier alpha value is -1.47. The molecule has 108 valence electrons. The molecule has 0 spiro atoms. The van der Waals surface area contributed by atoms with Gasteiger partial charge in [-0.2, -0.15) is 0 Å². The van der Waals surface area contributed by atoms with Crippen LogP contribution in [0.15, 0.2) is 24.3 Å². The molecule has 1 aromatic rings. The monoisotopic (exact) mass is 299 g/mol. The Labute approximate surface area is 114 Å². The van der Waals surface area contributed by atoms with Gasteiger partial charge in [0.1, 0.15) is 5.75 Å². The van der Waals surface area contributed by atoms with E-state index in [1.165, 1.54) is 25.3 Å². The highest BCUT2D eigenvalue weighted by Crippen LogP contribution is 2.30. The number of carbonyl (C=O) groups excluding carboxylic acids is 1. The molecule has 0 aliphatic heterocycles. The number of hydrogen-bond donors (Lipinski definition) is 1. The molecule has 2 N–H and O–H groups in total. The second-order valence-corrected chi connectivity index (χ2v) is 3.47. The van der Waals surface area contributed by atoms with E-state index in [4.69, 9.17) is 5.73 Å². The molecule has 0 amide bonds. The zero-order chi connectivity index (χ0) is 13.8. The van der Waals surface area contributed by atoms with Gasteiger partial charge in [-0.15, -0.1) is 25.6 Å². The summed E-state index contributed by atoms with van der Waals surface area (Å²) in [4.78, 5) is 11.0. The normalized spacial score (nSPS) is 12.3. The Morgan fingerprint density at radius 3 is 2.47 bits per heavy atom. The predicted octanol–water partition coefficient (Wildman–Crippen LogP) is 2.57. The van der Waals surface area contributed by atoms with Crippen LogP contribution in [0.2, 0.25) is 0 Å². The van der Waals surface area contributed by atoms with Gasteiger partial charge in [0.2, 0.25) is 0 Å². The summed E-state index contributed by atoms with van der Waals surface area (Å²) in [6.45, 7) is 0. The molecule has 0 saturated carbocycles. The summed E-state index contributed by atoms with van der Waals surface area (Å²) < 4.78 is 44.7. The maximum atomic E-state index is 12.2. The van der Waals surface area contributed by atoms with Gasteiger partial charge in [0, 0.05) is 11.6 Å². The lowest BCUT2D eigenvalue weighted by Crippen LogP contribution is -2.21. The minimum Gasteiger partial charge on any atom is -0.469 e. The fraction of sp³-hybridized carbons (Fsp3) is 0.364. The van der Waals surface area contributed by atoms with Gasteiger partial charge < -0.3 is 15.2 Å². The van der Waals surface area contributed by atoms with Crippen LogP contribution in [0.25, 0.3) is 0 Å². The topological polar surface area (TPSA) is 61.5 Å². The molecule has 0 aromatic heterocycles. The van der Waals surface area contributed by atoms with Crippen molar-refractivity contribution in [3.05, 3.63) is 29.8 Å². The Morgan fingerprint density at radius 1 is 1.37 bits per heavy atom. The van der Waals surface area contributed by atoms with Gasteiger partial charge in [-0.3, -0.25) is 4.79 Å². The molecule has 1 aromatic carbocycles. The van der Waals surface area contributed by atoms with Crippen molar-refractivity contribution in [1.29, 1.82) is 0 Å². The SMILES string of the molecule is COC(=O)C[C@@H](N)c1ccccc1OC(F)(F)F.Cl. The fourth-order valence-electron chi connectivity index (χ4n) is 1.38. The highest BCUT2D eigenvalue weighted by molar-refractivity contribution is 5.85. The first kappa shape index (κ1) is 17.5. The van der Waals surface area contributed by atoms with E-state index >= 15 is 0 Å². The van der Waals surface area contributed by atoms with Crippen molar-refractivity contribution in [3.63, 3.8) is 0 Å². The van der Waals surface area contributed by atoms with Crippen LogP contribution < -0.4 is 10.5 Å². The first-order chi connectivity index (χ1) is 8.33. The van der Waals surface area contributed by atoms with Gasteiger partial charge >= 0.3 is 12.3 Å². The number of benzene rings is 1. The van der Waals surface area contributed by atoms with E-state index in [-0.39, 0.29) is 24.4 Å². The number of alkyl halides is 3. The third-order valence-electron chi connectivity index (χ3n) is 2.16. The van der Waals surface area contributed by atoms with Crippen molar-refractivity contribution in [2.45, 2.75) is 18.8 Å². The summed E-state index contributed by atoms with van der Waals surface area (Å²) in [6.07, 6.45) is -5.03. The number of nitrogens with two attached hydrogens (primary N) is 1. The Morgan fingerprint density at radius 2 is 1.95 bits per heavy atom. The summed E-state index contributed by atoms with van der Waals surface area (Å²) in [5.41, 5.74) is 5.74. The number of carbonyl (C=O) groups is 1. The van der Waals surface area contributed by atoms with Crippen molar-refractivity contribution in [2.24, 2.45) is 5.73 Å². The van der Waals surface area contributed by atoms with E-state index in [1.54, 1.807) is 0 Å². The van der Waals surface area contributed by atoms with Crippen molar-refractivity contribution in [2.75, 3.05) is 7.11 Å². The molecule has 0 unspecified atom stereocenters. The molecular weight excluding hydrogens is 287 g/mol. The second-order valence-electron chi connectivity index (χ2n) is 3.47. The molecule has 19 heavy (non-hydrogen) atoms. The predicted molar refractivity (Wildman–Crippen MR) is 63.9 cm³/mol. The lowest BCUT2D eigenvalue weighted by atomic mass is 10.0. The Balaban J connectivity index is 0.00000324. The number of esters is 1. The van der Waals surface area contributed by atoms with Crippen LogP contribution in [0.3, 0.4) is 0 Å². The molecule has 8 heteroatoms. The zero-order valence-electron chi connectivity index (χ0n) is 9.94. The van der Waals surface area contributed by atoms with Crippen LogP contribution in [0, 0.1) is 0 Å². The molecule has 0 aliphatic carbocycles. The van der Waals surface area contributed by atoms with Gasteiger partial charge in [0.25, 0.3) is 0 Å². The second kappa shape index (κ2) is 7.20. The molecule has 0 bridgehead atoms. The standard InChI is InChI=1S/C11H12F3NO3.ClH/c1-17-10(16)6-8(15)7-4-2-3-5-9(7)18-11(12,13)14;/h2-5,8H,6,15H2,1H3;1H/t8-;/m1./s1. The number of ether oxygens (including phenoxy) is 2. The molecule has 0 saturated heterocycles. The molecule has 1 rings (SSSR count). The number of methoxy groups -OCH3 is 1. The highest BCUT2D eigenvalue weighted by atomic mass is 35.5. The van der Waals surface area contributed by atoms with Crippen LogP contribution in [0.5, 0.6) is 5.75 Å². The van der Waals surface area contributed by atoms with Crippen LogP contribution in [-0.4, -0.2) is 19.4 Å². The van der Waals surface area contributed by atoms with Gasteiger partial charge in [-0.25, -0.2) is 0 Å². The van der Waals surface area contributed by atoms with Crippen molar-refractivity contribution >= 4 is 18.4 Å². The van der Waals surface area contributed by atoms with E-state index in [2.05, 4.69) is 9.47 Å². The van der Waals surface area contributed by atoms with Gasteiger partial charge in [-0.05, 0) is 6.07 Å². The van der Waals surface area contributed by atoms with Crippen LogP contribution in [0.4, 0.5) is 13.2 Å². The van der Waals surface area contributed by atoms with Crippen LogP contribution in [0.1, 0.15) is 18.0 Å². The largest absolute Gasteiger partial charge is 0.573 e. The average Bonchev–Trinajstić information content (AvgIpc) is 2.27. The van der Waals surface area contributed by atoms with Crippen molar-refractivity contribution in [3.8, 4) is 5.75 Å². The molecular formula is C11H13ClF3NO3. The molecule has 4 nitrogen and oxygen atoms in total. The zero-order valence-corrected chi connectivity index (χ0v) is 10.8. The first-order valence-electron chi connectivity index (χ1n) is 5.00. The highest BCUT2D eigenvalue weighted by Gasteiger charge is 2.32. The number of rotatable bonds is 4. The van der Waals surface area contributed by atoms with Gasteiger partial charge in [0.05, 0.1) is 13.5 Å². The number of hydrogen-bond acceptors (Lipinski definition) is 4. The molecule has 0 aliphatic rings. The average molecular weight is 300 g/mol. The van der Waals surface area contributed by atoms with E-state index in [1.807, 2.05) is 0 Å². The summed E-state index contributed by atoms with van der Waals surface area (Å²) in [5.74, 6) is -1.02. The van der Waals surface area contributed by atoms with E-state index < -0.39 is 24.1 Å². The van der Waals surface area contributed by atoms with Crippen LogP contribution in [-0.2, 0) is 9.53 Å². The first-order valence-corrected chi connectivity index (χ1v) is 5.00. The summed E-state index contributed by atoms with van der Waals surface area (Å²) >= 11 is 0. The third kappa shape index (κ3) is 5.80. The Kier molecular flexibility index (Phi) is 6.64. The van der Waals surface area contributed by atoms with E-state index in [0.29, 0.717) is 0 Å². The number of para-hydroxylation sites is 1. The van der Waals surface area contributed by atoms with Crippen molar-refractivity contribution in [1.82, 2.24) is 0 Å². The minimum atomic E-state index is -4.80. The van der Waals surface area contributed by atoms with Gasteiger partial charge in [-0.1, -0.05) is 18.2 Å². The number of halogens is 4. The van der Waals surface area contributed by atoms with E-state index in [9.17, 15) is 18.0 Å². The van der Waals surface area contributed by atoms with Crippen LogP contribution >= 0.6 is 12.4 Å². The quantitative estimate of drug-likeness (QED) is 0.868. The smallest absolute Gasteiger partial charge is 0.469 e. The summed E-state index contributed by atoms with van der Waals surface area (Å²) in [6, 6.07) is 4.48. The maximum absolute atomic E-state index is 12.2. The third-order valence-corrected chi connectivity index (χ3v) is 2.16. The van der Waals surface area contributed by atoms with Gasteiger partial charge in [0.15, 0.2) is 0 Å². The molecule has 0 radical (unpaired) electrons. The molecule has 1 atom stereocenters. The fourth-order valence-corrected chi connectivity index (χ4v) is 1.38. The summed E-state index contributed by atoms with van der Waals surface area (Å²) in [5, 5.41) is 0. The lowest BCUT2D eigenvalue weighted by Gasteiger charge is -2.17. The van der Waals surface area contributed by atoms with E-state index in [0.717, 1.165) is 6.07 Å². The minimum absolute atomic E-state index is 0. The Bertz CT molecular complexity index is 426.